The Balaban J connectivity index is 2.01. The lowest BCUT2D eigenvalue weighted by Crippen LogP contribution is -2.47. The highest BCUT2D eigenvalue weighted by Gasteiger charge is 2.42. The van der Waals surface area contributed by atoms with Crippen LogP contribution in [0.15, 0.2) is 0 Å². The van der Waals surface area contributed by atoms with Crippen LogP contribution in [0.1, 0.15) is 53.4 Å². The summed E-state index contributed by atoms with van der Waals surface area (Å²) in [5.74, 6) is 0.888. The van der Waals surface area contributed by atoms with E-state index in [1.165, 1.54) is 12.8 Å². The largest absolute Gasteiger partial charge is 0.325 e. The summed E-state index contributed by atoms with van der Waals surface area (Å²) < 4.78 is 0. The van der Waals surface area contributed by atoms with Crippen molar-refractivity contribution < 1.29 is 4.79 Å². The topological polar surface area (TPSA) is 35.6 Å². The summed E-state index contributed by atoms with van der Waals surface area (Å²) in [5.41, 5.74) is 0.282. The van der Waals surface area contributed by atoms with Gasteiger partial charge in [0.25, 0.3) is 0 Å². The second-order valence-electron chi connectivity index (χ2n) is 7.85. The maximum atomic E-state index is 12.7. The van der Waals surface area contributed by atoms with Crippen molar-refractivity contribution in [1.29, 1.82) is 0 Å². The Bertz CT molecular complexity index is 361. The highest BCUT2D eigenvalue weighted by atomic mass is 16.2. The van der Waals surface area contributed by atoms with Gasteiger partial charge in [-0.05, 0) is 57.2 Å². The number of carbonyl (C=O) groups excluding carboxylic acids is 1. The summed E-state index contributed by atoms with van der Waals surface area (Å²) in [5, 5.41) is 3.55. The van der Waals surface area contributed by atoms with E-state index in [1.54, 1.807) is 0 Å². The third-order valence-corrected chi connectivity index (χ3v) is 5.19. The summed E-state index contributed by atoms with van der Waals surface area (Å²) >= 11 is 0. The standard InChI is InChI=1S/C17H33N3O/c1-6-15-18-14(11-13(2)3)16(21)20(15)12-17(4)7-9-19(5)10-8-17/h13-15,18H,6-12H2,1-5H3. The molecule has 0 aliphatic carbocycles. The van der Waals surface area contributed by atoms with Gasteiger partial charge in [-0.15, -0.1) is 0 Å². The molecule has 2 unspecified atom stereocenters. The van der Waals surface area contributed by atoms with Gasteiger partial charge in [0, 0.05) is 6.54 Å². The zero-order valence-corrected chi connectivity index (χ0v) is 14.5. The van der Waals surface area contributed by atoms with Gasteiger partial charge in [0.15, 0.2) is 0 Å². The molecule has 0 aromatic heterocycles. The van der Waals surface area contributed by atoms with E-state index in [0.29, 0.717) is 11.8 Å². The smallest absolute Gasteiger partial charge is 0.241 e. The molecular weight excluding hydrogens is 262 g/mol. The summed E-state index contributed by atoms with van der Waals surface area (Å²) in [6, 6.07) is 0.0322. The number of amides is 1. The van der Waals surface area contributed by atoms with Crippen LogP contribution < -0.4 is 5.32 Å². The van der Waals surface area contributed by atoms with E-state index in [0.717, 1.165) is 32.5 Å². The molecule has 2 atom stereocenters. The summed E-state index contributed by atoms with van der Waals surface area (Å²) in [4.78, 5) is 17.3. The molecule has 0 radical (unpaired) electrons. The first-order valence-electron chi connectivity index (χ1n) is 8.60. The van der Waals surface area contributed by atoms with Crippen LogP contribution in [0, 0.1) is 11.3 Å². The Labute approximate surface area is 130 Å². The predicted molar refractivity (Wildman–Crippen MR) is 87.0 cm³/mol. The molecule has 2 fully saturated rings. The molecule has 1 N–H and O–H groups in total. The van der Waals surface area contributed by atoms with E-state index < -0.39 is 0 Å². The van der Waals surface area contributed by atoms with Crippen LogP contribution in [-0.2, 0) is 4.79 Å². The van der Waals surface area contributed by atoms with E-state index in [9.17, 15) is 4.79 Å². The van der Waals surface area contributed by atoms with Crippen molar-refractivity contribution in [1.82, 2.24) is 15.1 Å². The van der Waals surface area contributed by atoms with Crippen LogP contribution in [0.4, 0.5) is 0 Å². The Morgan fingerprint density at radius 1 is 1.33 bits per heavy atom. The SMILES string of the molecule is CCC1NC(CC(C)C)C(=O)N1CC1(C)CCN(C)CC1. The molecule has 2 aliphatic heterocycles. The van der Waals surface area contributed by atoms with E-state index >= 15 is 0 Å². The lowest BCUT2D eigenvalue weighted by Gasteiger charge is -2.41. The fourth-order valence-corrected chi connectivity index (χ4v) is 3.64. The molecule has 0 aromatic rings. The van der Waals surface area contributed by atoms with Crippen molar-refractivity contribution in [2.24, 2.45) is 11.3 Å². The summed E-state index contributed by atoms with van der Waals surface area (Å²) in [6.07, 6.45) is 4.57. The molecule has 0 aromatic carbocycles. The van der Waals surface area contributed by atoms with Crippen molar-refractivity contribution in [3.63, 3.8) is 0 Å². The second kappa shape index (κ2) is 6.66. The number of hydrogen-bond acceptors (Lipinski definition) is 3. The van der Waals surface area contributed by atoms with Crippen LogP contribution in [-0.4, -0.2) is 54.6 Å². The molecule has 2 aliphatic rings. The molecule has 1 amide bonds. The van der Waals surface area contributed by atoms with Crippen molar-refractivity contribution in [3.05, 3.63) is 0 Å². The second-order valence-corrected chi connectivity index (χ2v) is 7.85. The van der Waals surface area contributed by atoms with Gasteiger partial charge >= 0.3 is 0 Å². The molecule has 2 rings (SSSR count). The molecule has 122 valence electrons. The molecule has 2 saturated heterocycles. The first kappa shape index (κ1) is 16.8. The van der Waals surface area contributed by atoms with Gasteiger partial charge < -0.3 is 9.80 Å². The normalized spacial score (nSPS) is 30.4. The zero-order valence-electron chi connectivity index (χ0n) is 14.5. The zero-order chi connectivity index (χ0) is 15.6. The monoisotopic (exact) mass is 295 g/mol. The lowest BCUT2D eigenvalue weighted by molar-refractivity contribution is -0.132. The van der Waals surface area contributed by atoms with Gasteiger partial charge in [-0.2, -0.15) is 0 Å². The predicted octanol–water partition coefficient (Wildman–Crippen LogP) is 2.30. The first-order valence-corrected chi connectivity index (χ1v) is 8.60. The van der Waals surface area contributed by atoms with Gasteiger partial charge in [0.05, 0.1) is 12.2 Å². The van der Waals surface area contributed by atoms with Crippen LogP contribution in [0.2, 0.25) is 0 Å². The Morgan fingerprint density at radius 2 is 1.95 bits per heavy atom. The molecule has 0 bridgehead atoms. The fourth-order valence-electron chi connectivity index (χ4n) is 3.64. The fraction of sp³-hybridized carbons (Fsp3) is 0.941. The maximum absolute atomic E-state index is 12.7. The van der Waals surface area contributed by atoms with Crippen LogP contribution >= 0.6 is 0 Å². The summed E-state index contributed by atoms with van der Waals surface area (Å²) in [7, 11) is 2.19. The van der Waals surface area contributed by atoms with Crippen molar-refractivity contribution in [2.75, 3.05) is 26.7 Å². The molecule has 2 heterocycles. The molecule has 21 heavy (non-hydrogen) atoms. The Kier molecular flexibility index (Phi) is 5.31. The highest BCUT2D eigenvalue weighted by molar-refractivity contribution is 5.84. The highest BCUT2D eigenvalue weighted by Crippen LogP contribution is 2.33. The number of nitrogens with one attached hydrogen (secondary N) is 1. The molecule has 0 saturated carbocycles. The number of hydrogen-bond donors (Lipinski definition) is 1. The van der Waals surface area contributed by atoms with Crippen molar-refractivity contribution >= 4 is 5.91 Å². The van der Waals surface area contributed by atoms with E-state index in [4.69, 9.17) is 0 Å². The van der Waals surface area contributed by atoms with Gasteiger partial charge in [0.2, 0.25) is 5.91 Å². The first-order chi connectivity index (χ1) is 9.84. The van der Waals surface area contributed by atoms with E-state index in [1.807, 2.05) is 0 Å². The third kappa shape index (κ3) is 3.98. The molecule has 0 spiro atoms. The van der Waals surface area contributed by atoms with Crippen molar-refractivity contribution in [3.8, 4) is 0 Å². The van der Waals surface area contributed by atoms with Crippen LogP contribution in [0.5, 0.6) is 0 Å². The number of nitrogens with zero attached hydrogens (tertiary/aromatic N) is 2. The minimum absolute atomic E-state index is 0.0322. The van der Waals surface area contributed by atoms with E-state index in [-0.39, 0.29) is 17.6 Å². The van der Waals surface area contributed by atoms with Gasteiger partial charge in [-0.1, -0.05) is 27.7 Å². The average Bonchev–Trinajstić information content (AvgIpc) is 2.70. The maximum Gasteiger partial charge on any atom is 0.241 e. The van der Waals surface area contributed by atoms with Crippen molar-refractivity contribution in [2.45, 2.75) is 65.6 Å². The van der Waals surface area contributed by atoms with E-state index in [2.05, 4.69) is 49.9 Å². The van der Waals surface area contributed by atoms with Gasteiger partial charge in [-0.3, -0.25) is 10.1 Å². The molecule has 4 heteroatoms. The molecule has 4 nitrogen and oxygen atoms in total. The summed E-state index contributed by atoms with van der Waals surface area (Å²) in [6.45, 7) is 12.1. The number of piperidine rings is 1. The minimum atomic E-state index is 0.0322. The van der Waals surface area contributed by atoms with Gasteiger partial charge in [0.1, 0.15) is 0 Å². The quantitative estimate of drug-likeness (QED) is 0.845. The van der Waals surface area contributed by atoms with Crippen LogP contribution in [0.25, 0.3) is 0 Å². The Morgan fingerprint density at radius 3 is 2.48 bits per heavy atom. The number of likely N-dealkylation sites (tertiary alicyclic amines) is 1. The third-order valence-electron chi connectivity index (χ3n) is 5.19. The van der Waals surface area contributed by atoms with Crippen LogP contribution in [0.3, 0.4) is 0 Å². The molecular formula is C17H33N3O. The average molecular weight is 295 g/mol. The Hall–Kier alpha value is -0.610. The van der Waals surface area contributed by atoms with Gasteiger partial charge in [-0.25, -0.2) is 0 Å². The minimum Gasteiger partial charge on any atom is -0.325 e. The number of rotatable bonds is 5. The number of carbonyl (C=O) groups is 1. The lowest BCUT2D eigenvalue weighted by atomic mass is 9.80.